The molecule has 0 radical (unpaired) electrons. The molecule has 2 heterocycles. The van der Waals surface area contributed by atoms with Gasteiger partial charge in [-0.3, -0.25) is 9.59 Å². The van der Waals surface area contributed by atoms with Crippen molar-refractivity contribution in [3.63, 3.8) is 0 Å². The molecule has 6 aromatic carbocycles. The van der Waals surface area contributed by atoms with Crippen LogP contribution in [0.15, 0.2) is 170 Å². The third kappa shape index (κ3) is 9.21. The first-order valence-electron chi connectivity index (χ1n) is 19.3. The molecule has 2 saturated heterocycles. The fourth-order valence-corrected chi connectivity index (χ4v) is 9.76. The van der Waals surface area contributed by atoms with Crippen molar-refractivity contribution in [2.24, 2.45) is 0 Å². The van der Waals surface area contributed by atoms with Gasteiger partial charge < -0.3 is 33.7 Å². The smallest absolute Gasteiger partial charge is 0.310 e. The summed E-state index contributed by atoms with van der Waals surface area (Å²) in [5.74, 6) is -0.153. The fraction of sp³-hybridized carbons (Fsp3) is 0.208. The Hall–Kier alpha value is -5.67. The predicted octanol–water partition coefficient (Wildman–Crippen LogP) is 6.76. The third-order valence-electron chi connectivity index (χ3n) is 10.2. The Kier molecular flexibility index (Phi) is 12.6. The highest BCUT2D eigenvalue weighted by atomic mass is 31.1. The van der Waals surface area contributed by atoms with Crippen LogP contribution in [0, 0.1) is 0 Å². The van der Waals surface area contributed by atoms with Gasteiger partial charge in [0.2, 0.25) is 0 Å². The Balaban J connectivity index is 1.16. The number of benzene rings is 6. The standard InChI is InChI=1S/C48H44NO8P/c1-52-36-28-26-35(27-29-36)47-54-32-40-44(57-47)45(56-42(50)30-33-16-6-2-7-17-33)43(48(55-40)53-31-34-18-8-3-9-19-34)49-46(51)39-24-14-15-25-41(39)58(37-20-10-4-11-21-37)38-22-12-5-13-23-38/h2-29,40,43-45,47-48H,30-32H2,1H3,(H,49,51)/t40-,43-,44-,45-,47-,48+/m1/s1. The summed E-state index contributed by atoms with van der Waals surface area (Å²) >= 11 is 0. The minimum Gasteiger partial charge on any atom is -0.497 e. The lowest BCUT2D eigenvalue weighted by atomic mass is 9.94. The van der Waals surface area contributed by atoms with E-state index in [9.17, 15) is 9.59 Å². The molecule has 294 valence electrons. The van der Waals surface area contributed by atoms with E-state index >= 15 is 0 Å². The van der Waals surface area contributed by atoms with Crippen LogP contribution in [0.3, 0.4) is 0 Å². The number of amides is 1. The van der Waals surface area contributed by atoms with Crippen LogP contribution in [0.25, 0.3) is 0 Å². The highest BCUT2D eigenvalue weighted by Gasteiger charge is 2.53. The quantitative estimate of drug-likeness (QED) is 0.101. The summed E-state index contributed by atoms with van der Waals surface area (Å²) in [6, 6.07) is 53.6. The first kappa shape index (κ1) is 39.2. The van der Waals surface area contributed by atoms with Crippen LogP contribution >= 0.6 is 7.92 Å². The van der Waals surface area contributed by atoms with Crippen molar-refractivity contribution < 1.29 is 38.0 Å². The molecule has 2 aliphatic rings. The summed E-state index contributed by atoms with van der Waals surface area (Å²) in [6.07, 6.45) is -4.36. The number of fused-ring (bicyclic) bond motifs is 1. The van der Waals surface area contributed by atoms with Gasteiger partial charge in [-0.25, -0.2) is 0 Å². The number of methoxy groups -OCH3 is 1. The molecule has 0 aromatic heterocycles. The van der Waals surface area contributed by atoms with E-state index in [1.165, 1.54) is 0 Å². The lowest BCUT2D eigenvalue weighted by Crippen LogP contribution is -2.68. The molecule has 6 atom stereocenters. The Morgan fingerprint density at radius 1 is 0.690 bits per heavy atom. The summed E-state index contributed by atoms with van der Waals surface area (Å²) in [5, 5.41) is 6.33. The summed E-state index contributed by atoms with van der Waals surface area (Å²) in [5.41, 5.74) is 2.94. The summed E-state index contributed by atoms with van der Waals surface area (Å²) in [7, 11) is 0.475. The number of rotatable bonds is 13. The summed E-state index contributed by atoms with van der Waals surface area (Å²) in [6.45, 7) is 0.307. The van der Waals surface area contributed by atoms with Crippen LogP contribution in [0.5, 0.6) is 5.75 Å². The Bertz CT molecular complexity index is 2210. The number of ether oxygens (including phenoxy) is 6. The minimum atomic E-state index is -1.13. The van der Waals surface area contributed by atoms with E-state index < -0.39 is 50.8 Å². The van der Waals surface area contributed by atoms with Crippen LogP contribution in [0.4, 0.5) is 0 Å². The lowest BCUT2D eigenvalue weighted by molar-refractivity contribution is -0.346. The molecule has 2 fully saturated rings. The van der Waals surface area contributed by atoms with Gasteiger partial charge in [0.1, 0.15) is 24.0 Å². The number of nitrogens with one attached hydrogen (secondary N) is 1. The van der Waals surface area contributed by atoms with Gasteiger partial charge in [-0.15, -0.1) is 0 Å². The van der Waals surface area contributed by atoms with Gasteiger partial charge in [-0.05, 0) is 53.2 Å². The Morgan fingerprint density at radius 2 is 1.28 bits per heavy atom. The normalized spacial score (nSPS) is 21.4. The molecule has 0 spiro atoms. The van der Waals surface area contributed by atoms with E-state index in [1.807, 2.05) is 146 Å². The number of esters is 1. The van der Waals surface area contributed by atoms with Gasteiger partial charge in [0, 0.05) is 11.1 Å². The van der Waals surface area contributed by atoms with Crippen LogP contribution in [-0.2, 0) is 41.5 Å². The van der Waals surface area contributed by atoms with Gasteiger partial charge in [0.05, 0.1) is 26.7 Å². The number of carbonyl (C=O) groups excluding carboxylic acids is 2. The average Bonchev–Trinajstić information content (AvgIpc) is 3.28. The van der Waals surface area contributed by atoms with E-state index in [0.717, 1.165) is 32.6 Å². The van der Waals surface area contributed by atoms with Crippen LogP contribution in [-0.4, -0.2) is 56.2 Å². The molecule has 0 bridgehead atoms. The van der Waals surface area contributed by atoms with Crippen molar-refractivity contribution in [1.29, 1.82) is 0 Å². The summed E-state index contributed by atoms with van der Waals surface area (Å²) < 4.78 is 37.8. The first-order chi connectivity index (χ1) is 28.5. The first-order valence-corrected chi connectivity index (χ1v) is 20.6. The zero-order valence-corrected chi connectivity index (χ0v) is 32.9. The van der Waals surface area contributed by atoms with E-state index in [0.29, 0.717) is 11.3 Å². The molecule has 10 heteroatoms. The van der Waals surface area contributed by atoms with Gasteiger partial charge >= 0.3 is 5.97 Å². The molecular weight excluding hydrogens is 750 g/mol. The van der Waals surface area contributed by atoms with E-state index in [2.05, 4.69) is 29.6 Å². The van der Waals surface area contributed by atoms with E-state index in [1.54, 1.807) is 7.11 Å². The van der Waals surface area contributed by atoms with Crippen molar-refractivity contribution in [2.75, 3.05) is 13.7 Å². The number of hydrogen-bond acceptors (Lipinski definition) is 8. The largest absolute Gasteiger partial charge is 0.497 e. The monoisotopic (exact) mass is 793 g/mol. The van der Waals surface area contributed by atoms with Gasteiger partial charge in [0.15, 0.2) is 18.7 Å². The zero-order chi connectivity index (χ0) is 39.7. The molecule has 6 aromatic rings. The number of carbonyl (C=O) groups is 2. The second kappa shape index (κ2) is 18.7. The fourth-order valence-electron chi connectivity index (χ4n) is 7.32. The second-order valence-electron chi connectivity index (χ2n) is 14.0. The topological polar surface area (TPSA) is 102 Å². The molecule has 2 aliphatic heterocycles. The van der Waals surface area contributed by atoms with Gasteiger partial charge in [-0.2, -0.15) is 0 Å². The maximum absolute atomic E-state index is 14.9. The number of hydrogen-bond donors (Lipinski definition) is 1. The van der Waals surface area contributed by atoms with Gasteiger partial charge in [-0.1, -0.05) is 152 Å². The Morgan fingerprint density at radius 3 is 1.91 bits per heavy atom. The molecule has 0 saturated carbocycles. The summed E-state index contributed by atoms with van der Waals surface area (Å²) in [4.78, 5) is 28.8. The van der Waals surface area contributed by atoms with Crippen LogP contribution in [0.1, 0.15) is 33.3 Å². The second-order valence-corrected chi connectivity index (χ2v) is 16.2. The molecule has 1 N–H and O–H groups in total. The van der Waals surface area contributed by atoms with Crippen molar-refractivity contribution in [2.45, 2.75) is 50.0 Å². The molecule has 0 unspecified atom stereocenters. The molecule has 0 aliphatic carbocycles. The molecule has 8 rings (SSSR count). The van der Waals surface area contributed by atoms with Crippen molar-refractivity contribution in [3.8, 4) is 5.75 Å². The maximum Gasteiger partial charge on any atom is 0.310 e. The third-order valence-corrected chi connectivity index (χ3v) is 12.7. The highest BCUT2D eigenvalue weighted by Crippen LogP contribution is 2.38. The lowest BCUT2D eigenvalue weighted by Gasteiger charge is -2.49. The SMILES string of the molecule is COc1ccc([C@@H]2OC[C@H]3O[C@H](OCc4ccccc4)[C@H](NC(=O)c4ccccc4P(c4ccccc4)c4ccccc4)[C@@H](OC(=O)Cc4ccccc4)[C@@H]3O2)cc1. The predicted molar refractivity (Wildman–Crippen MR) is 223 cm³/mol. The van der Waals surface area contributed by atoms with E-state index in [4.69, 9.17) is 28.4 Å². The van der Waals surface area contributed by atoms with Gasteiger partial charge in [0.25, 0.3) is 5.91 Å². The molecule has 1 amide bonds. The van der Waals surface area contributed by atoms with Crippen molar-refractivity contribution in [1.82, 2.24) is 5.32 Å². The minimum absolute atomic E-state index is 0.0193. The molecule has 9 nitrogen and oxygen atoms in total. The molecular formula is C48H44NO8P. The zero-order valence-electron chi connectivity index (χ0n) is 32.0. The maximum atomic E-state index is 14.9. The van der Waals surface area contributed by atoms with Crippen LogP contribution in [0.2, 0.25) is 0 Å². The highest BCUT2D eigenvalue weighted by molar-refractivity contribution is 7.80. The average molecular weight is 794 g/mol. The van der Waals surface area contributed by atoms with E-state index in [-0.39, 0.29) is 25.5 Å². The molecule has 58 heavy (non-hydrogen) atoms. The van der Waals surface area contributed by atoms with Crippen molar-refractivity contribution >= 4 is 35.7 Å². The van der Waals surface area contributed by atoms with Crippen molar-refractivity contribution in [3.05, 3.63) is 192 Å². The Labute approximate surface area is 339 Å². The van der Waals surface area contributed by atoms with Crippen LogP contribution < -0.4 is 26.0 Å².